The molecule has 2 heterocycles. The van der Waals surface area contributed by atoms with E-state index in [-0.39, 0.29) is 23.3 Å². The number of Topliss-reactive ketones (excluding diaryl/α,β-unsaturated/α-hetero) is 1. The maximum atomic E-state index is 13.1. The van der Waals surface area contributed by atoms with E-state index in [1.165, 1.54) is 15.8 Å². The van der Waals surface area contributed by atoms with Crippen LogP contribution in [0, 0.1) is 11.3 Å². The fourth-order valence-electron chi connectivity index (χ4n) is 3.92. The Balaban J connectivity index is 1.69. The van der Waals surface area contributed by atoms with Gasteiger partial charge in [0, 0.05) is 10.4 Å². The van der Waals surface area contributed by atoms with Crippen LogP contribution in [0.5, 0.6) is 0 Å². The van der Waals surface area contributed by atoms with Crippen LogP contribution < -0.4 is 5.56 Å². The zero-order valence-corrected chi connectivity index (χ0v) is 16.8. The Kier molecular flexibility index (Phi) is 4.50. The van der Waals surface area contributed by atoms with Crippen molar-refractivity contribution in [1.82, 2.24) is 9.55 Å². The van der Waals surface area contributed by atoms with Crippen molar-refractivity contribution < 1.29 is 4.79 Å². The fraction of sp³-hybridized carbons (Fsp3) is 0.409. The van der Waals surface area contributed by atoms with Crippen LogP contribution in [-0.4, -0.2) is 15.3 Å². The van der Waals surface area contributed by atoms with E-state index in [9.17, 15) is 9.59 Å². The van der Waals surface area contributed by atoms with Gasteiger partial charge in [-0.3, -0.25) is 14.2 Å². The molecular weight excluding hydrogens is 356 g/mol. The van der Waals surface area contributed by atoms with Gasteiger partial charge in [-0.25, -0.2) is 4.98 Å². The van der Waals surface area contributed by atoms with E-state index in [0.717, 1.165) is 35.0 Å². The first-order valence-corrected chi connectivity index (χ1v) is 10.2. The molecule has 1 aromatic carbocycles. The van der Waals surface area contributed by atoms with Gasteiger partial charge in [-0.15, -0.1) is 11.3 Å². The van der Waals surface area contributed by atoms with Crippen LogP contribution >= 0.6 is 11.3 Å². The normalized spacial score (nSPS) is 17.1. The average Bonchev–Trinajstić information content (AvgIpc) is 3.02. The van der Waals surface area contributed by atoms with Crippen molar-refractivity contribution in [3.63, 3.8) is 0 Å². The summed E-state index contributed by atoms with van der Waals surface area (Å²) in [4.78, 5) is 32.2. The minimum absolute atomic E-state index is 0.0288. The molecule has 0 fully saturated rings. The molecule has 0 spiro atoms. The molecule has 0 unspecified atom stereocenters. The second kappa shape index (κ2) is 6.71. The Bertz CT molecular complexity index is 1060. The van der Waals surface area contributed by atoms with Crippen LogP contribution in [0.2, 0.25) is 0 Å². The first-order valence-electron chi connectivity index (χ1n) is 9.42. The molecule has 27 heavy (non-hydrogen) atoms. The van der Waals surface area contributed by atoms with Gasteiger partial charge in [0.25, 0.3) is 5.56 Å². The number of benzene rings is 1. The highest BCUT2D eigenvalue weighted by Crippen LogP contribution is 2.41. The molecule has 0 saturated heterocycles. The monoisotopic (exact) mass is 380 g/mol. The molecule has 4 rings (SSSR count). The van der Waals surface area contributed by atoms with Gasteiger partial charge in [0.2, 0.25) is 0 Å². The molecule has 0 aliphatic heterocycles. The third-order valence-electron chi connectivity index (χ3n) is 5.67. The van der Waals surface area contributed by atoms with Gasteiger partial charge >= 0.3 is 0 Å². The van der Waals surface area contributed by atoms with Crippen molar-refractivity contribution in [2.24, 2.45) is 11.3 Å². The number of fused-ring (bicyclic) bond motifs is 3. The Labute approximate surface area is 162 Å². The van der Waals surface area contributed by atoms with E-state index in [4.69, 9.17) is 0 Å². The number of nitrogens with zero attached hydrogens (tertiary/aromatic N) is 2. The molecule has 1 aliphatic carbocycles. The second-order valence-corrected chi connectivity index (χ2v) is 9.54. The van der Waals surface area contributed by atoms with Gasteiger partial charge in [0.1, 0.15) is 4.83 Å². The van der Waals surface area contributed by atoms with Crippen molar-refractivity contribution in [2.75, 3.05) is 0 Å². The van der Waals surface area contributed by atoms with Gasteiger partial charge in [-0.2, -0.15) is 0 Å². The summed E-state index contributed by atoms with van der Waals surface area (Å²) in [6.45, 7) is 6.89. The fourth-order valence-corrected chi connectivity index (χ4v) is 5.18. The minimum atomic E-state index is -0.0870. The number of carbonyl (C=O) groups is 1. The molecule has 0 bridgehead atoms. The third-order valence-corrected chi connectivity index (χ3v) is 6.83. The SMILES string of the molecule is CC(C)(C)[C@@H]1CCc2c(sc3ncn(CC(=O)c4ccccc4)c(=O)c23)C1. The lowest BCUT2D eigenvalue weighted by Gasteiger charge is -2.33. The quantitative estimate of drug-likeness (QED) is 0.629. The Hall–Kier alpha value is -2.27. The number of rotatable bonds is 3. The van der Waals surface area contributed by atoms with Gasteiger partial charge < -0.3 is 0 Å². The maximum Gasteiger partial charge on any atom is 0.262 e. The Morgan fingerprint density at radius 1 is 1.26 bits per heavy atom. The Morgan fingerprint density at radius 3 is 2.70 bits per heavy atom. The summed E-state index contributed by atoms with van der Waals surface area (Å²) >= 11 is 1.65. The number of hydrogen-bond donors (Lipinski definition) is 0. The van der Waals surface area contributed by atoms with E-state index in [2.05, 4.69) is 25.8 Å². The zero-order chi connectivity index (χ0) is 19.2. The lowest BCUT2D eigenvalue weighted by atomic mass is 9.72. The van der Waals surface area contributed by atoms with E-state index in [0.29, 0.717) is 11.5 Å². The van der Waals surface area contributed by atoms with E-state index in [1.807, 2.05) is 18.2 Å². The standard InChI is InChI=1S/C22H24N2O2S/c1-22(2,3)15-9-10-16-18(11-15)27-20-19(16)21(26)24(13-23-20)12-17(25)14-7-5-4-6-8-14/h4-8,13,15H,9-12H2,1-3H3/t15-/m1/s1. The lowest BCUT2D eigenvalue weighted by molar-refractivity contribution is 0.0970. The van der Waals surface area contributed by atoms with Gasteiger partial charge in [0.15, 0.2) is 5.78 Å². The molecule has 0 amide bonds. The number of aryl methyl sites for hydroxylation is 1. The van der Waals surface area contributed by atoms with Crippen LogP contribution in [-0.2, 0) is 19.4 Å². The minimum Gasteiger partial charge on any atom is -0.292 e. The molecule has 5 heteroatoms. The Morgan fingerprint density at radius 2 is 2.00 bits per heavy atom. The highest BCUT2D eigenvalue weighted by atomic mass is 32.1. The predicted molar refractivity (Wildman–Crippen MR) is 110 cm³/mol. The smallest absolute Gasteiger partial charge is 0.262 e. The summed E-state index contributed by atoms with van der Waals surface area (Å²) in [7, 11) is 0. The summed E-state index contributed by atoms with van der Waals surface area (Å²) in [5.41, 5.74) is 1.96. The van der Waals surface area contributed by atoms with Crippen molar-refractivity contribution in [1.29, 1.82) is 0 Å². The number of hydrogen-bond acceptors (Lipinski definition) is 4. The van der Waals surface area contributed by atoms with Crippen molar-refractivity contribution in [2.45, 2.75) is 46.6 Å². The predicted octanol–water partition coefficient (Wildman–Crippen LogP) is 4.49. The summed E-state index contributed by atoms with van der Waals surface area (Å²) in [6.07, 6.45) is 4.56. The first kappa shape index (κ1) is 18.1. The van der Waals surface area contributed by atoms with Crippen molar-refractivity contribution >= 4 is 27.3 Å². The van der Waals surface area contributed by atoms with Gasteiger partial charge in [-0.1, -0.05) is 51.1 Å². The molecule has 0 N–H and O–H groups in total. The van der Waals surface area contributed by atoms with E-state index >= 15 is 0 Å². The molecule has 140 valence electrons. The number of carbonyl (C=O) groups excluding carboxylic acids is 1. The largest absolute Gasteiger partial charge is 0.292 e. The molecule has 1 atom stereocenters. The summed E-state index contributed by atoms with van der Waals surface area (Å²) in [6, 6.07) is 9.09. The van der Waals surface area contributed by atoms with Crippen molar-refractivity contribution in [3.8, 4) is 0 Å². The lowest BCUT2D eigenvalue weighted by Crippen LogP contribution is -2.27. The van der Waals surface area contributed by atoms with Crippen molar-refractivity contribution in [3.05, 3.63) is 63.0 Å². The highest BCUT2D eigenvalue weighted by molar-refractivity contribution is 7.18. The van der Waals surface area contributed by atoms with Crippen LogP contribution in [0.25, 0.3) is 10.2 Å². The van der Waals surface area contributed by atoms with Gasteiger partial charge in [-0.05, 0) is 36.2 Å². The van der Waals surface area contributed by atoms with Crippen LogP contribution in [0.15, 0.2) is 41.5 Å². The molecule has 2 aromatic heterocycles. The van der Waals surface area contributed by atoms with Crippen LogP contribution in [0.3, 0.4) is 0 Å². The molecule has 0 radical (unpaired) electrons. The summed E-state index contributed by atoms with van der Waals surface area (Å²) in [5, 5.41) is 0.728. The molecular formula is C22H24N2O2S. The first-order chi connectivity index (χ1) is 12.8. The molecule has 0 saturated carbocycles. The number of thiophene rings is 1. The summed E-state index contributed by atoms with van der Waals surface area (Å²) in [5.74, 6) is 0.552. The number of ketones is 1. The number of aromatic nitrogens is 2. The molecule has 1 aliphatic rings. The average molecular weight is 381 g/mol. The zero-order valence-electron chi connectivity index (χ0n) is 16.0. The van der Waals surface area contributed by atoms with E-state index in [1.54, 1.807) is 23.5 Å². The molecule has 3 aromatic rings. The third kappa shape index (κ3) is 3.36. The summed E-state index contributed by atoms with van der Waals surface area (Å²) < 4.78 is 1.46. The van der Waals surface area contributed by atoms with Crippen LogP contribution in [0.1, 0.15) is 48.0 Å². The molecule has 4 nitrogen and oxygen atoms in total. The maximum absolute atomic E-state index is 13.1. The highest BCUT2D eigenvalue weighted by Gasteiger charge is 2.31. The van der Waals surface area contributed by atoms with E-state index < -0.39 is 0 Å². The van der Waals surface area contributed by atoms with Gasteiger partial charge in [0.05, 0.1) is 18.3 Å². The van der Waals surface area contributed by atoms with Crippen LogP contribution in [0.4, 0.5) is 0 Å². The second-order valence-electron chi connectivity index (χ2n) is 8.46. The topological polar surface area (TPSA) is 52.0 Å².